The van der Waals surface area contributed by atoms with Gasteiger partial charge in [0.1, 0.15) is 12.0 Å². The van der Waals surface area contributed by atoms with Gasteiger partial charge in [0, 0.05) is 17.4 Å². The average molecular weight is 389 g/mol. The van der Waals surface area contributed by atoms with E-state index >= 15 is 0 Å². The Kier molecular flexibility index (Phi) is 4.30. The van der Waals surface area contributed by atoms with Crippen LogP contribution >= 0.6 is 0 Å². The Balaban J connectivity index is 1.53. The predicted molar refractivity (Wildman–Crippen MR) is 97.0 cm³/mol. The van der Waals surface area contributed by atoms with E-state index in [1.165, 1.54) is 18.5 Å². The molecule has 0 saturated carbocycles. The zero-order valence-corrected chi connectivity index (χ0v) is 14.2. The van der Waals surface area contributed by atoms with Crippen LogP contribution in [-0.2, 0) is 6.18 Å². The number of nitrogens with one attached hydrogen (secondary N) is 2. The highest BCUT2D eigenvalue weighted by Crippen LogP contribution is 2.36. The maximum absolute atomic E-state index is 12.7. The lowest BCUT2D eigenvalue weighted by Gasteiger charge is -2.13. The fraction of sp³-hybridized carbons (Fsp3) is 0.111. The number of rotatable bonds is 4. The van der Waals surface area contributed by atoms with Crippen molar-refractivity contribution in [2.75, 3.05) is 23.2 Å². The third-order valence-corrected chi connectivity index (χ3v) is 3.99. The SMILES string of the molecule is Nc1c(Nc2ccc(C(F)(F)F)cc2)ncnc1Nc1ccc2c(c1)OCO2. The number of alkyl halides is 3. The molecule has 4 N–H and O–H groups in total. The quantitative estimate of drug-likeness (QED) is 0.613. The Labute approximate surface area is 157 Å². The van der Waals surface area contributed by atoms with E-state index in [1.807, 2.05) is 0 Å². The molecule has 0 atom stereocenters. The van der Waals surface area contributed by atoms with Crippen molar-refractivity contribution in [3.05, 3.63) is 54.4 Å². The van der Waals surface area contributed by atoms with Gasteiger partial charge >= 0.3 is 6.18 Å². The summed E-state index contributed by atoms with van der Waals surface area (Å²) >= 11 is 0. The van der Waals surface area contributed by atoms with Crippen molar-refractivity contribution in [2.45, 2.75) is 6.18 Å². The molecule has 1 aliphatic heterocycles. The lowest BCUT2D eigenvalue weighted by atomic mass is 10.2. The van der Waals surface area contributed by atoms with Crippen LogP contribution in [0.4, 0.5) is 41.9 Å². The van der Waals surface area contributed by atoms with Crippen LogP contribution in [0.1, 0.15) is 5.56 Å². The van der Waals surface area contributed by atoms with Crippen LogP contribution in [0.25, 0.3) is 0 Å². The number of ether oxygens (including phenoxy) is 2. The molecule has 3 aromatic rings. The highest BCUT2D eigenvalue weighted by atomic mass is 19.4. The largest absolute Gasteiger partial charge is 0.454 e. The second-order valence-electron chi connectivity index (χ2n) is 5.88. The minimum absolute atomic E-state index is 0.162. The van der Waals surface area contributed by atoms with E-state index in [4.69, 9.17) is 15.2 Å². The van der Waals surface area contributed by atoms with E-state index in [0.29, 0.717) is 28.7 Å². The van der Waals surface area contributed by atoms with Crippen molar-refractivity contribution in [2.24, 2.45) is 0 Å². The number of nitrogens with zero attached hydrogens (tertiary/aromatic N) is 2. The molecule has 2 aromatic carbocycles. The van der Waals surface area contributed by atoms with Gasteiger partial charge in [0.2, 0.25) is 6.79 Å². The lowest BCUT2D eigenvalue weighted by Crippen LogP contribution is -2.06. The van der Waals surface area contributed by atoms with Crippen molar-refractivity contribution in [1.82, 2.24) is 9.97 Å². The molecule has 0 radical (unpaired) electrons. The topological polar surface area (TPSA) is 94.3 Å². The van der Waals surface area contributed by atoms with Gasteiger partial charge in [-0.1, -0.05) is 0 Å². The van der Waals surface area contributed by atoms with Crippen molar-refractivity contribution in [1.29, 1.82) is 0 Å². The van der Waals surface area contributed by atoms with Crippen LogP contribution in [0, 0.1) is 0 Å². The number of nitrogens with two attached hydrogens (primary N) is 1. The van der Waals surface area contributed by atoms with Gasteiger partial charge in [0.15, 0.2) is 23.1 Å². The molecule has 2 heterocycles. The first-order chi connectivity index (χ1) is 13.4. The van der Waals surface area contributed by atoms with E-state index in [9.17, 15) is 13.2 Å². The highest BCUT2D eigenvalue weighted by Gasteiger charge is 2.30. The second-order valence-corrected chi connectivity index (χ2v) is 5.88. The van der Waals surface area contributed by atoms with Crippen LogP contribution in [0.2, 0.25) is 0 Å². The highest BCUT2D eigenvalue weighted by molar-refractivity contribution is 5.80. The standard InChI is InChI=1S/C18H14F3N5O2/c19-18(20,21)10-1-3-11(4-2-10)25-16-15(22)17(24-8-23-16)26-12-5-6-13-14(7-12)28-9-27-13/h1-8H,9,22H2,(H2,23,24,25,26). The molecule has 0 spiro atoms. The van der Waals surface area contributed by atoms with Gasteiger partial charge in [-0.3, -0.25) is 0 Å². The first-order valence-corrected chi connectivity index (χ1v) is 8.11. The molecule has 0 aliphatic carbocycles. The average Bonchev–Trinajstić information content (AvgIpc) is 3.12. The molecular formula is C18H14F3N5O2. The monoisotopic (exact) mass is 389 g/mol. The molecule has 7 nitrogen and oxygen atoms in total. The number of aromatic nitrogens is 2. The summed E-state index contributed by atoms with van der Waals surface area (Å²) in [5.41, 5.74) is 6.66. The number of halogens is 3. The van der Waals surface area contributed by atoms with Crippen molar-refractivity contribution in [3.8, 4) is 11.5 Å². The fourth-order valence-electron chi connectivity index (χ4n) is 2.59. The number of hydrogen-bond acceptors (Lipinski definition) is 7. The van der Waals surface area contributed by atoms with E-state index < -0.39 is 11.7 Å². The molecule has 0 fully saturated rings. The van der Waals surface area contributed by atoms with E-state index in [1.54, 1.807) is 18.2 Å². The number of anilines is 5. The first kappa shape index (κ1) is 17.7. The number of hydrogen-bond donors (Lipinski definition) is 3. The van der Waals surface area contributed by atoms with Gasteiger partial charge in [-0.25, -0.2) is 9.97 Å². The second kappa shape index (κ2) is 6.80. The minimum Gasteiger partial charge on any atom is -0.454 e. The van der Waals surface area contributed by atoms with Gasteiger partial charge in [-0.2, -0.15) is 13.2 Å². The van der Waals surface area contributed by atoms with Crippen LogP contribution in [0.5, 0.6) is 11.5 Å². The molecule has 28 heavy (non-hydrogen) atoms. The Morgan fingerprint density at radius 2 is 1.46 bits per heavy atom. The number of benzene rings is 2. The molecule has 0 bridgehead atoms. The van der Waals surface area contributed by atoms with Crippen molar-refractivity contribution in [3.63, 3.8) is 0 Å². The normalized spacial score (nSPS) is 12.7. The Bertz CT molecular complexity index is 1010. The third kappa shape index (κ3) is 3.56. The van der Waals surface area contributed by atoms with Gasteiger partial charge in [-0.15, -0.1) is 0 Å². The Hall–Kier alpha value is -3.69. The number of nitrogen functional groups attached to an aromatic ring is 1. The molecule has 0 saturated heterocycles. The van der Waals surface area contributed by atoms with Crippen LogP contribution in [0.3, 0.4) is 0 Å². The lowest BCUT2D eigenvalue weighted by molar-refractivity contribution is -0.137. The van der Waals surface area contributed by atoms with Gasteiger partial charge in [0.05, 0.1) is 5.56 Å². The van der Waals surface area contributed by atoms with Crippen molar-refractivity contribution >= 4 is 28.7 Å². The number of fused-ring (bicyclic) bond motifs is 1. The van der Waals surface area contributed by atoms with Crippen LogP contribution < -0.4 is 25.8 Å². The summed E-state index contributed by atoms with van der Waals surface area (Å²) in [6.07, 6.45) is -3.10. The van der Waals surface area contributed by atoms with E-state index in [0.717, 1.165) is 12.1 Å². The zero-order chi connectivity index (χ0) is 19.7. The summed E-state index contributed by atoms with van der Waals surface area (Å²) in [5, 5.41) is 5.95. The molecule has 1 aliphatic rings. The summed E-state index contributed by atoms with van der Waals surface area (Å²) in [5.74, 6) is 1.84. The summed E-state index contributed by atoms with van der Waals surface area (Å²) in [6, 6.07) is 9.83. The molecule has 0 amide bonds. The fourth-order valence-corrected chi connectivity index (χ4v) is 2.59. The zero-order valence-electron chi connectivity index (χ0n) is 14.2. The van der Waals surface area contributed by atoms with Gasteiger partial charge in [0.25, 0.3) is 0 Å². The smallest absolute Gasteiger partial charge is 0.416 e. The summed E-state index contributed by atoms with van der Waals surface area (Å²) in [4.78, 5) is 8.16. The molecule has 1 aromatic heterocycles. The molecule has 4 rings (SSSR count). The maximum Gasteiger partial charge on any atom is 0.416 e. The van der Waals surface area contributed by atoms with E-state index in [-0.39, 0.29) is 18.3 Å². The molecule has 0 unspecified atom stereocenters. The summed E-state index contributed by atoms with van der Waals surface area (Å²) in [6.45, 7) is 0.162. The Morgan fingerprint density at radius 1 is 0.857 bits per heavy atom. The molecule has 144 valence electrons. The van der Waals surface area contributed by atoms with Gasteiger partial charge < -0.3 is 25.8 Å². The van der Waals surface area contributed by atoms with E-state index in [2.05, 4.69) is 20.6 Å². The van der Waals surface area contributed by atoms with Crippen LogP contribution in [-0.4, -0.2) is 16.8 Å². The molecular weight excluding hydrogens is 375 g/mol. The maximum atomic E-state index is 12.7. The Morgan fingerprint density at radius 3 is 2.14 bits per heavy atom. The summed E-state index contributed by atoms with van der Waals surface area (Å²) < 4.78 is 48.6. The molecule has 10 heteroatoms. The first-order valence-electron chi connectivity index (χ1n) is 8.11. The minimum atomic E-state index is -4.39. The third-order valence-electron chi connectivity index (χ3n) is 3.99. The van der Waals surface area contributed by atoms with Gasteiger partial charge in [-0.05, 0) is 36.4 Å². The predicted octanol–water partition coefficient (Wildman–Crippen LogP) is 4.29. The van der Waals surface area contributed by atoms with Crippen molar-refractivity contribution < 1.29 is 22.6 Å². The van der Waals surface area contributed by atoms with Crippen LogP contribution in [0.15, 0.2) is 48.8 Å². The summed E-state index contributed by atoms with van der Waals surface area (Å²) in [7, 11) is 0.